The number of nitrogens with one attached hydrogen (secondary N) is 1. The van der Waals surface area contributed by atoms with Gasteiger partial charge >= 0.3 is 0 Å². The highest BCUT2D eigenvalue weighted by molar-refractivity contribution is 7.89. The third-order valence-electron chi connectivity index (χ3n) is 5.70. The van der Waals surface area contributed by atoms with Gasteiger partial charge in [0.2, 0.25) is 10.0 Å². The molecule has 168 valence electrons. The van der Waals surface area contributed by atoms with Crippen LogP contribution in [-0.4, -0.2) is 41.5 Å². The first kappa shape index (κ1) is 22.2. The van der Waals surface area contributed by atoms with Crippen molar-refractivity contribution in [2.24, 2.45) is 11.8 Å². The number of amides is 1. The fourth-order valence-electron chi connectivity index (χ4n) is 4.19. The minimum absolute atomic E-state index is 0.222. The minimum Gasteiger partial charge on any atom is -0.348 e. The van der Waals surface area contributed by atoms with Gasteiger partial charge in [0.15, 0.2) is 0 Å². The highest BCUT2D eigenvalue weighted by Crippen LogP contribution is 2.26. The summed E-state index contributed by atoms with van der Waals surface area (Å²) in [6.45, 7) is 5.55. The number of nitrogens with zero attached hydrogens (tertiary/aromatic N) is 3. The number of hydrogen-bond donors (Lipinski definition) is 1. The zero-order chi connectivity index (χ0) is 22.7. The Labute approximate surface area is 189 Å². The molecule has 0 radical (unpaired) electrons. The summed E-state index contributed by atoms with van der Waals surface area (Å²) in [6, 6.07) is 15.9. The van der Waals surface area contributed by atoms with E-state index < -0.39 is 10.0 Å². The van der Waals surface area contributed by atoms with E-state index in [0.717, 1.165) is 17.7 Å². The van der Waals surface area contributed by atoms with Gasteiger partial charge in [0.1, 0.15) is 0 Å². The standard InChI is InChI=1S/C24H28N4O3S/c1-18-12-19(2)16-27(15-18)32(30,31)23-10-8-21(9-11-23)24(29)25-13-20-14-26-28(17-20)22-6-4-3-5-7-22/h3-11,14,17-19H,12-13,15-16H2,1-2H3,(H,25,29). The second kappa shape index (κ2) is 9.26. The van der Waals surface area contributed by atoms with Crippen molar-refractivity contribution >= 4 is 15.9 Å². The molecule has 0 bridgehead atoms. The molecule has 2 atom stereocenters. The molecule has 1 fully saturated rings. The fraction of sp³-hybridized carbons (Fsp3) is 0.333. The van der Waals surface area contributed by atoms with Crippen molar-refractivity contribution in [1.29, 1.82) is 0 Å². The number of carbonyl (C=O) groups is 1. The van der Waals surface area contributed by atoms with E-state index in [1.807, 2.05) is 36.5 Å². The van der Waals surface area contributed by atoms with Gasteiger partial charge in [0.05, 0.1) is 16.8 Å². The molecule has 3 aromatic rings. The molecule has 4 rings (SSSR count). The van der Waals surface area contributed by atoms with Crippen LogP contribution in [0.25, 0.3) is 5.69 Å². The van der Waals surface area contributed by atoms with Gasteiger partial charge in [0.25, 0.3) is 5.91 Å². The molecule has 1 N–H and O–H groups in total. The molecule has 7 nitrogen and oxygen atoms in total. The normalized spacial score (nSPS) is 19.6. The molecule has 0 spiro atoms. The second-order valence-electron chi connectivity index (χ2n) is 8.60. The van der Waals surface area contributed by atoms with E-state index >= 15 is 0 Å². The first-order chi connectivity index (χ1) is 15.3. The summed E-state index contributed by atoms with van der Waals surface area (Å²) >= 11 is 0. The predicted octanol–water partition coefficient (Wildman–Crippen LogP) is 3.47. The van der Waals surface area contributed by atoms with Crippen LogP contribution in [-0.2, 0) is 16.6 Å². The topological polar surface area (TPSA) is 84.3 Å². The molecule has 1 aromatic heterocycles. The molecule has 2 heterocycles. The number of piperidine rings is 1. The molecular weight excluding hydrogens is 424 g/mol. The first-order valence-corrected chi connectivity index (χ1v) is 12.2. The molecule has 32 heavy (non-hydrogen) atoms. The maximum Gasteiger partial charge on any atom is 0.251 e. The van der Waals surface area contributed by atoms with Crippen LogP contribution >= 0.6 is 0 Å². The summed E-state index contributed by atoms with van der Waals surface area (Å²) in [4.78, 5) is 12.8. The second-order valence-corrected chi connectivity index (χ2v) is 10.5. The van der Waals surface area contributed by atoms with Crippen molar-refractivity contribution in [3.63, 3.8) is 0 Å². The zero-order valence-electron chi connectivity index (χ0n) is 18.3. The van der Waals surface area contributed by atoms with E-state index in [9.17, 15) is 13.2 Å². The zero-order valence-corrected chi connectivity index (χ0v) is 19.1. The maximum absolute atomic E-state index is 13.0. The summed E-state index contributed by atoms with van der Waals surface area (Å²) in [6.07, 6.45) is 4.62. The van der Waals surface area contributed by atoms with Crippen LogP contribution in [0.1, 0.15) is 36.2 Å². The lowest BCUT2D eigenvalue weighted by molar-refractivity contribution is 0.0951. The summed E-state index contributed by atoms with van der Waals surface area (Å²) in [5.74, 6) is 0.413. The van der Waals surface area contributed by atoms with Crippen LogP contribution in [0.5, 0.6) is 0 Å². The monoisotopic (exact) mass is 452 g/mol. The van der Waals surface area contributed by atoms with Crippen molar-refractivity contribution < 1.29 is 13.2 Å². The smallest absolute Gasteiger partial charge is 0.251 e. The van der Waals surface area contributed by atoms with Gasteiger partial charge < -0.3 is 5.32 Å². The van der Waals surface area contributed by atoms with Crippen LogP contribution in [0, 0.1) is 11.8 Å². The van der Waals surface area contributed by atoms with Crippen LogP contribution in [0.4, 0.5) is 0 Å². The fourth-order valence-corrected chi connectivity index (χ4v) is 5.87. The number of benzene rings is 2. The predicted molar refractivity (Wildman–Crippen MR) is 123 cm³/mol. The third-order valence-corrected chi connectivity index (χ3v) is 7.55. The van der Waals surface area contributed by atoms with E-state index in [2.05, 4.69) is 24.3 Å². The summed E-state index contributed by atoms with van der Waals surface area (Å²) < 4.78 is 29.3. The average Bonchev–Trinajstić information content (AvgIpc) is 3.27. The Kier molecular flexibility index (Phi) is 6.43. The molecule has 2 aromatic carbocycles. The van der Waals surface area contributed by atoms with Gasteiger partial charge in [-0.15, -0.1) is 0 Å². The number of rotatable bonds is 6. The van der Waals surface area contributed by atoms with Crippen LogP contribution in [0.15, 0.2) is 71.9 Å². The van der Waals surface area contributed by atoms with Crippen LogP contribution in [0.2, 0.25) is 0 Å². The lowest BCUT2D eigenvalue weighted by atomic mass is 9.94. The molecule has 0 aliphatic carbocycles. The molecule has 8 heteroatoms. The van der Waals surface area contributed by atoms with Gasteiger partial charge in [-0.05, 0) is 54.7 Å². The van der Waals surface area contributed by atoms with E-state index in [-0.39, 0.29) is 10.8 Å². The summed E-state index contributed by atoms with van der Waals surface area (Å²) in [5, 5.41) is 7.19. The van der Waals surface area contributed by atoms with E-state index in [1.165, 1.54) is 12.1 Å². The summed E-state index contributed by atoms with van der Waals surface area (Å²) in [5.41, 5.74) is 2.23. The van der Waals surface area contributed by atoms with Crippen molar-refractivity contribution in [3.8, 4) is 5.69 Å². The highest BCUT2D eigenvalue weighted by Gasteiger charge is 2.31. The quantitative estimate of drug-likeness (QED) is 0.621. The summed E-state index contributed by atoms with van der Waals surface area (Å²) in [7, 11) is -3.56. The Morgan fingerprint density at radius 2 is 1.69 bits per heavy atom. The van der Waals surface area contributed by atoms with Crippen LogP contribution in [0.3, 0.4) is 0 Å². The Morgan fingerprint density at radius 1 is 1.03 bits per heavy atom. The van der Waals surface area contributed by atoms with Crippen molar-refractivity contribution in [2.75, 3.05) is 13.1 Å². The molecular formula is C24H28N4O3S. The Bertz CT molecular complexity index is 1160. The van der Waals surface area contributed by atoms with Crippen molar-refractivity contribution in [1.82, 2.24) is 19.4 Å². The van der Waals surface area contributed by atoms with Gasteiger partial charge in [0, 0.05) is 37.0 Å². The van der Waals surface area contributed by atoms with Gasteiger partial charge in [-0.1, -0.05) is 32.0 Å². The van der Waals surface area contributed by atoms with E-state index in [4.69, 9.17) is 0 Å². The van der Waals surface area contributed by atoms with E-state index in [1.54, 1.807) is 27.3 Å². The largest absolute Gasteiger partial charge is 0.348 e. The molecule has 1 aliphatic rings. The third kappa shape index (κ3) is 4.92. The Hall–Kier alpha value is -2.97. The Balaban J connectivity index is 1.39. The van der Waals surface area contributed by atoms with Crippen molar-refractivity contribution in [3.05, 3.63) is 78.1 Å². The lowest BCUT2D eigenvalue weighted by Crippen LogP contribution is -2.42. The van der Waals surface area contributed by atoms with E-state index in [0.29, 0.717) is 37.0 Å². The lowest BCUT2D eigenvalue weighted by Gasteiger charge is -2.34. The molecule has 1 aliphatic heterocycles. The van der Waals surface area contributed by atoms with Gasteiger partial charge in [-0.25, -0.2) is 13.1 Å². The maximum atomic E-state index is 13.0. The number of para-hydroxylation sites is 1. The minimum atomic E-state index is -3.56. The molecule has 1 amide bonds. The molecule has 1 saturated heterocycles. The molecule has 2 unspecified atom stereocenters. The SMILES string of the molecule is CC1CC(C)CN(S(=O)(=O)c2ccc(C(=O)NCc3cnn(-c4ccccc4)c3)cc2)C1. The highest BCUT2D eigenvalue weighted by atomic mass is 32.2. The number of aromatic nitrogens is 2. The Morgan fingerprint density at radius 3 is 2.34 bits per heavy atom. The van der Waals surface area contributed by atoms with Crippen molar-refractivity contribution in [2.45, 2.75) is 31.7 Å². The number of sulfonamides is 1. The van der Waals surface area contributed by atoms with Gasteiger partial charge in [-0.3, -0.25) is 4.79 Å². The average molecular weight is 453 g/mol. The van der Waals surface area contributed by atoms with Gasteiger partial charge in [-0.2, -0.15) is 9.40 Å². The molecule has 0 saturated carbocycles. The first-order valence-electron chi connectivity index (χ1n) is 10.8. The number of carbonyl (C=O) groups excluding carboxylic acids is 1. The number of hydrogen-bond acceptors (Lipinski definition) is 4. The van der Waals surface area contributed by atoms with Crippen LogP contribution < -0.4 is 5.32 Å².